The molecule has 4 rings (SSSR count). The van der Waals surface area contributed by atoms with Crippen LogP contribution >= 0.6 is 0 Å². The number of nitrogens with zero attached hydrogens (tertiary/aromatic N) is 2. The van der Waals surface area contributed by atoms with Crippen LogP contribution in [0.2, 0.25) is 0 Å². The molecule has 0 N–H and O–H groups in total. The predicted octanol–water partition coefficient (Wildman–Crippen LogP) is 4.43. The van der Waals surface area contributed by atoms with Gasteiger partial charge in [0, 0.05) is 31.2 Å². The van der Waals surface area contributed by atoms with Crippen molar-refractivity contribution in [3.8, 4) is 0 Å². The van der Waals surface area contributed by atoms with Gasteiger partial charge < -0.3 is 4.90 Å². The van der Waals surface area contributed by atoms with Gasteiger partial charge in [0.2, 0.25) is 0 Å². The van der Waals surface area contributed by atoms with Gasteiger partial charge in [0.15, 0.2) is 0 Å². The number of fused-ring (bicyclic) bond motifs is 1. The van der Waals surface area contributed by atoms with Crippen molar-refractivity contribution in [2.75, 3.05) is 20.1 Å². The van der Waals surface area contributed by atoms with Crippen LogP contribution in [0.1, 0.15) is 58.8 Å². The largest absolute Gasteiger partial charge is 0.339 e. The molecule has 0 aromatic heterocycles. The van der Waals surface area contributed by atoms with Gasteiger partial charge >= 0.3 is 0 Å². The molecular formula is C23H28N2O. The SMILES string of the molecule is CN(Cc1ccc(C(=O)N2CCCC2)cc1)[C@H]1CCCc2ccccc21. The molecule has 3 heteroatoms. The van der Waals surface area contributed by atoms with E-state index in [0.717, 1.165) is 38.0 Å². The van der Waals surface area contributed by atoms with Gasteiger partial charge in [-0.1, -0.05) is 36.4 Å². The Hall–Kier alpha value is -2.13. The molecule has 2 aromatic carbocycles. The van der Waals surface area contributed by atoms with Gasteiger partial charge in [-0.2, -0.15) is 0 Å². The molecule has 26 heavy (non-hydrogen) atoms. The van der Waals surface area contributed by atoms with Gasteiger partial charge in [0.25, 0.3) is 5.91 Å². The zero-order chi connectivity index (χ0) is 17.9. The molecule has 1 aliphatic heterocycles. The summed E-state index contributed by atoms with van der Waals surface area (Å²) in [5, 5.41) is 0. The minimum Gasteiger partial charge on any atom is -0.339 e. The third-order valence-corrected chi connectivity index (χ3v) is 5.90. The number of carbonyl (C=O) groups excluding carboxylic acids is 1. The molecule has 2 aliphatic rings. The average molecular weight is 348 g/mol. The molecule has 2 aromatic rings. The summed E-state index contributed by atoms with van der Waals surface area (Å²) in [7, 11) is 2.22. The van der Waals surface area contributed by atoms with E-state index in [1.54, 1.807) is 0 Å². The number of hydrogen-bond acceptors (Lipinski definition) is 2. The summed E-state index contributed by atoms with van der Waals surface area (Å²) < 4.78 is 0. The maximum Gasteiger partial charge on any atom is 0.253 e. The van der Waals surface area contributed by atoms with Crippen molar-refractivity contribution >= 4 is 5.91 Å². The molecule has 0 unspecified atom stereocenters. The fourth-order valence-electron chi connectivity index (χ4n) is 4.44. The van der Waals surface area contributed by atoms with E-state index in [1.807, 2.05) is 17.0 Å². The molecule has 1 aliphatic carbocycles. The molecule has 3 nitrogen and oxygen atoms in total. The second kappa shape index (κ2) is 7.63. The highest BCUT2D eigenvalue weighted by atomic mass is 16.2. The number of rotatable bonds is 4. The minimum atomic E-state index is 0.184. The Morgan fingerprint density at radius 2 is 1.77 bits per heavy atom. The maximum absolute atomic E-state index is 12.5. The summed E-state index contributed by atoms with van der Waals surface area (Å²) in [6.07, 6.45) is 5.96. The molecule has 0 spiro atoms. The Bertz CT molecular complexity index is 762. The summed E-state index contributed by atoms with van der Waals surface area (Å²) >= 11 is 0. The number of hydrogen-bond donors (Lipinski definition) is 0. The number of carbonyl (C=O) groups is 1. The Labute approximate surface area is 156 Å². The van der Waals surface area contributed by atoms with Crippen molar-refractivity contribution in [1.82, 2.24) is 9.80 Å². The molecule has 1 fully saturated rings. The quantitative estimate of drug-likeness (QED) is 0.816. The van der Waals surface area contributed by atoms with Gasteiger partial charge in [0.05, 0.1) is 0 Å². The molecule has 0 saturated carbocycles. The van der Waals surface area contributed by atoms with E-state index in [4.69, 9.17) is 0 Å². The average Bonchev–Trinajstić information content (AvgIpc) is 3.22. The van der Waals surface area contributed by atoms with Crippen molar-refractivity contribution in [3.05, 3.63) is 70.8 Å². The van der Waals surface area contributed by atoms with Crippen LogP contribution in [0.4, 0.5) is 0 Å². The standard InChI is InChI=1S/C23H28N2O/c1-24(22-10-6-8-19-7-2-3-9-21(19)22)17-18-11-13-20(14-12-18)23(26)25-15-4-5-16-25/h2-3,7,9,11-14,22H,4-6,8,10,15-17H2,1H3/t22-/m0/s1. The maximum atomic E-state index is 12.5. The zero-order valence-electron chi connectivity index (χ0n) is 15.7. The van der Waals surface area contributed by atoms with Gasteiger partial charge in [-0.15, -0.1) is 0 Å². The molecule has 136 valence electrons. The second-order valence-electron chi connectivity index (χ2n) is 7.72. The molecule has 0 radical (unpaired) electrons. The topological polar surface area (TPSA) is 23.6 Å². The highest BCUT2D eigenvalue weighted by Gasteiger charge is 2.23. The predicted molar refractivity (Wildman–Crippen MR) is 105 cm³/mol. The summed E-state index contributed by atoms with van der Waals surface area (Å²) in [6, 6.07) is 17.6. The number of likely N-dealkylation sites (tertiary alicyclic amines) is 1. The van der Waals surface area contributed by atoms with Crippen molar-refractivity contribution in [2.24, 2.45) is 0 Å². The van der Waals surface area contributed by atoms with Crippen LogP contribution in [0.5, 0.6) is 0 Å². The number of amides is 1. The van der Waals surface area contributed by atoms with E-state index in [1.165, 1.54) is 36.0 Å². The van der Waals surface area contributed by atoms with E-state index < -0.39 is 0 Å². The van der Waals surface area contributed by atoms with Crippen LogP contribution in [-0.2, 0) is 13.0 Å². The smallest absolute Gasteiger partial charge is 0.253 e. The first-order chi connectivity index (χ1) is 12.7. The lowest BCUT2D eigenvalue weighted by molar-refractivity contribution is 0.0793. The van der Waals surface area contributed by atoms with E-state index >= 15 is 0 Å². The van der Waals surface area contributed by atoms with Crippen LogP contribution in [0.15, 0.2) is 48.5 Å². The molecular weight excluding hydrogens is 320 g/mol. The molecule has 1 heterocycles. The van der Waals surface area contributed by atoms with Crippen LogP contribution in [-0.4, -0.2) is 35.8 Å². The zero-order valence-corrected chi connectivity index (χ0v) is 15.7. The monoisotopic (exact) mass is 348 g/mol. The summed E-state index contributed by atoms with van der Waals surface area (Å²) in [6.45, 7) is 2.73. The minimum absolute atomic E-state index is 0.184. The third-order valence-electron chi connectivity index (χ3n) is 5.90. The van der Waals surface area contributed by atoms with Crippen molar-refractivity contribution in [3.63, 3.8) is 0 Å². The Balaban J connectivity index is 1.43. The van der Waals surface area contributed by atoms with Crippen molar-refractivity contribution in [1.29, 1.82) is 0 Å². The number of aryl methyl sites for hydroxylation is 1. The van der Waals surface area contributed by atoms with Crippen LogP contribution in [0.3, 0.4) is 0 Å². The highest BCUT2D eigenvalue weighted by Crippen LogP contribution is 2.34. The van der Waals surface area contributed by atoms with Crippen molar-refractivity contribution in [2.45, 2.75) is 44.7 Å². The Kier molecular flexibility index (Phi) is 5.07. The summed E-state index contributed by atoms with van der Waals surface area (Å²) in [5.41, 5.74) is 5.08. The molecule has 1 saturated heterocycles. The van der Waals surface area contributed by atoms with Gasteiger partial charge in [0.1, 0.15) is 0 Å². The summed E-state index contributed by atoms with van der Waals surface area (Å²) in [4.78, 5) is 16.9. The fourth-order valence-corrected chi connectivity index (χ4v) is 4.44. The van der Waals surface area contributed by atoms with Gasteiger partial charge in [-0.05, 0) is 68.0 Å². The van der Waals surface area contributed by atoms with E-state index in [0.29, 0.717) is 6.04 Å². The van der Waals surface area contributed by atoms with Gasteiger partial charge in [-0.3, -0.25) is 9.69 Å². The third kappa shape index (κ3) is 3.54. The first-order valence-electron chi connectivity index (χ1n) is 9.88. The van der Waals surface area contributed by atoms with Crippen molar-refractivity contribution < 1.29 is 4.79 Å². The highest BCUT2D eigenvalue weighted by molar-refractivity contribution is 5.94. The van der Waals surface area contributed by atoms with E-state index in [2.05, 4.69) is 48.3 Å². The van der Waals surface area contributed by atoms with Crippen LogP contribution in [0.25, 0.3) is 0 Å². The fraction of sp³-hybridized carbons (Fsp3) is 0.435. The first kappa shape index (κ1) is 17.3. The van der Waals surface area contributed by atoms with E-state index in [-0.39, 0.29) is 5.91 Å². The lowest BCUT2D eigenvalue weighted by Gasteiger charge is -2.33. The van der Waals surface area contributed by atoms with Gasteiger partial charge in [-0.25, -0.2) is 0 Å². The molecule has 1 atom stereocenters. The lowest BCUT2D eigenvalue weighted by atomic mass is 9.87. The second-order valence-corrected chi connectivity index (χ2v) is 7.72. The van der Waals surface area contributed by atoms with Crippen LogP contribution < -0.4 is 0 Å². The number of benzene rings is 2. The first-order valence-corrected chi connectivity index (χ1v) is 9.88. The molecule has 1 amide bonds. The Morgan fingerprint density at radius 1 is 1.04 bits per heavy atom. The lowest BCUT2D eigenvalue weighted by Crippen LogP contribution is -2.28. The summed E-state index contributed by atoms with van der Waals surface area (Å²) in [5.74, 6) is 0.184. The molecule has 0 bridgehead atoms. The Morgan fingerprint density at radius 3 is 2.54 bits per heavy atom. The van der Waals surface area contributed by atoms with Crippen LogP contribution in [0, 0.1) is 0 Å². The normalized spacial score (nSPS) is 19.6. The van der Waals surface area contributed by atoms with E-state index in [9.17, 15) is 4.79 Å².